The van der Waals surface area contributed by atoms with Gasteiger partial charge in [-0.1, -0.05) is 60.7 Å². The van der Waals surface area contributed by atoms with E-state index in [0.29, 0.717) is 24.0 Å². The predicted octanol–water partition coefficient (Wildman–Crippen LogP) is 3.70. The fourth-order valence-electron chi connectivity index (χ4n) is 2.70. The molecule has 0 spiro atoms. The van der Waals surface area contributed by atoms with Crippen LogP contribution in [0.4, 0.5) is 0 Å². The Balaban J connectivity index is 1.64. The zero-order valence-electron chi connectivity index (χ0n) is 14.3. The van der Waals surface area contributed by atoms with E-state index in [1.165, 1.54) is 0 Å². The van der Waals surface area contributed by atoms with Crippen LogP contribution in [0.25, 0.3) is 22.5 Å². The van der Waals surface area contributed by atoms with Gasteiger partial charge in [-0.25, -0.2) is 4.98 Å². The number of esters is 1. The number of rotatable bonds is 6. The van der Waals surface area contributed by atoms with E-state index < -0.39 is 0 Å². The minimum absolute atomic E-state index is 0.0363. The quantitative estimate of drug-likeness (QED) is 0.637. The van der Waals surface area contributed by atoms with Gasteiger partial charge in [0.1, 0.15) is 17.8 Å². The van der Waals surface area contributed by atoms with E-state index in [1.807, 2.05) is 60.7 Å². The first-order chi connectivity index (χ1) is 12.8. The minimum atomic E-state index is -0.301. The molecule has 1 aliphatic rings. The second-order valence-electron chi connectivity index (χ2n) is 6.46. The van der Waals surface area contributed by atoms with Gasteiger partial charge in [-0.2, -0.15) is 0 Å². The summed E-state index contributed by atoms with van der Waals surface area (Å²) in [6.45, 7) is 0.500. The Hall–Kier alpha value is -3.08. The summed E-state index contributed by atoms with van der Waals surface area (Å²) < 4.78 is 5.28. The van der Waals surface area contributed by atoms with Crippen LogP contribution in [0.15, 0.2) is 60.7 Å². The molecule has 2 aromatic carbocycles. The third-order valence-corrected chi connectivity index (χ3v) is 4.30. The first-order valence-electron chi connectivity index (χ1n) is 8.79. The molecule has 26 heavy (non-hydrogen) atoms. The van der Waals surface area contributed by atoms with E-state index in [2.05, 4.69) is 15.2 Å². The largest absolute Gasteiger partial charge is 0.465 e. The molecule has 0 unspecified atom stereocenters. The molecule has 5 heteroatoms. The summed E-state index contributed by atoms with van der Waals surface area (Å²) in [5.41, 5.74) is 3.30. The summed E-state index contributed by atoms with van der Waals surface area (Å²) in [5.74, 6) is 0.618. The van der Waals surface area contributed by atoms with Crippen LogP contribution < -0.4 is 0 Å². The standard InChI is InChI=1S/C21H19N3O2/c25-19(26-14-15-11-12-15)13-18-22-20(16-7-3-1-4-8-16)21(24-23-18)17-9-5-2-6-10-17/h1-10,15H,11-14H2. The average Bonchev–Trinajstić information content (AvgIpc) is 3.52. The maximum absolute atomic E-state index is 12.0. The van der Waals surface area contributed by atoms with Gasteiger partial charge in [-0.3, -0.25) is 4.79 Å². The molecule has 5 nitrogen and oxygen atoms in total. The van der Waals surface area contributed by atoms with Gasteiger partial charge in [0.05, 0.1) is 6.61 Å². The van der Waals surface area contributed by atoms with Crippen molar-refractivity contribution in [3.63, 3.8) is 0 Å². The molecular weight excluding hydrogens is 326 g/mol. The normalized spacial score (nSPS) is 13.4. The van der Waals surface area contributed by atoms with Crippen LogP contribution in [0.3, 0.4) is 0 Å². The summed E-state index contributed by atoms with van der Waals surface area (Å²) >= 11 is 0. The maximum atomic E-state index is 12.0. The zero-order chi connectivity index (χ0) is 17.8. The lowest BCUT2D eigenvalue weighted by molar-refractivity contribution is -0.143. The molecule has 0 aliphatic heterocycles. The number of hydrogen-bond donors (Lipinski definition) is 0. The molecule has 0 atom stereocenters. The molecule has 0 saturated heterocycles. The molecular formula is C21H19N3O2. The number of carbonyl (C=O) groups excluding carboxylic acids is 1. The zero-order valence-corrected chi connectivity index (χ0v) is 14.3. The first-order valence-corrected chi connectivity index (χ1v) is 8.79. The Morgan fingerprint density at radius 1 is 0.885 bits per heavy atom. The number of ether oxygens (including phenoxy) is 1. The van der Waals surface area contributed by atoms with E-state index in [4.69, 9.17) is 4.74 Å². The first kappa shape index (κ1) is 16.4. The summed E-state index contributed by atoms with van der Waals surface area (Å²) in [4.78, 5) is 16.6. The monoisotopic (exact) mass is 345 g/mol. The molecule has 4 rings (SSSR count). The number of hydrogen-bond acceptors (Lipinski definition) is 5. The van der Waals surface area contributed by atoms with Crippen LogP contribution in [0.2, 0.25) is 0 Å². The Morgan fingerprint density at radius 2 is 1.50 bits per heavy atom. The van der Waals surface area contributed by atoms with Gasteiger partial charge in [0.15, 0.2) is 5.82 Å². The number of aromatic nitrogens is 3. The lowest BCUT2D eigenvalue weighted by Crippen LogP contribution is -2.13. The summed E-state index contributed by atoms with van der Waals surface area (Å²) in [6, 6.07) is 19.6. The molecule has 1 aromatic heterocycles. The van der Waals surface area contributed by atoms with E-state index in [9.17, 15) is 4.79 Å². The van der Waals surface area contributed by atoms with Gasteiger partial charge in [0.2, 0.25) is 0 Å². The molecule has 0 bridgehead atoms. The number of nitrogens with zero attached hydrogens (tertiary/aromatic N) is 3. The van der Waals surface area contributed by atoms with Crippen molar-refractivity contribution in [2.24, 2.45) is 5.92 Å². The fraction of sp³-hybridized carbons (Fsp3) is 0.238. The van der Waals surface area contributed by atoms with Crippen molar-refractivity contribution < 1.29 is 9.53 Å². The van der Waals surface area contributed by atoms with Crippen LogP contribution in [0.5, 0.6) is 0 Å². The van der Waals surface area contributed by atoms with Gasteiger partial charge in [-0.05, 0) is 18.8 Å². The highest BCUT2D eigenvalue weighted by molar-refractivity contribution is 5.78. The lowest BCUT2D eigenvalue weighted by Gasteiger charge is -2.09. The summed E-state index contributed by atoms with van der Waals surface area (Å²) in [7, 11) is 0. The molecule has 130 valence electrons. The van der Waals surface area contributed by atoms with Crippen molar-refractivity contribution in [1.29, 1.82) is 0 Å². The van der Waals surface area contributed by atoms with Crippen LogP contribution >= 0.6 is 0 Å². The molecule has 0 amide bonds. The van der Waals surface area contributed by atoms with Crippen molar-refractivity contribution in [3.8, 4) is 22.5 Å². The topological polar surface area (TPSA) is 65.0 Å². The SMILES string of the molecule is O=C(Cc1nnc(-c2ccccc2)c(-c2ccccc2)n1)OCC1CC1. The van der Waals surface area contributed by atoms with Gasteiger partial charge < -0.3 is 4.74 Å². The third-order valence-electron chi connectivity index (χ3n) is 4.30. The second-order valence-corrected chi connectivity index (χ2v) is 6.46. The van der Waals surface area contributed by atoms with Gasteiger partial charge >= 0.3 is 5.97 Å². The van der Waals surface area contributed by atoms with Crippen LogP contribution in [-0.2, 0) is 16.0 Å². The van der Waals surface area contributed by atoms with Crippen LogP contribution in [0.1, 0.15) is 18.7 Å². The predicted molar refractivity (Wildman–Crippen MR) is 98.1 cm³/mol. The van der Waals surface area contributed by atoms with Gasteiger partial charge in [0, 0.05) is 11.1 Å². The highest BCUT2D eigenvalue weighted by Gasteiger charge is 2.23. The van der Waals surface area contributed by atoms with Gasteiger partial charge in [-0.15, -0.1) is 10.2 Å². The summed E-state index contributed by atoms with van der Waals surface area (Å²) in [5, 5.41) is 8.53. The molecule has 1 fully saturated rings. The Bertz CT molecular complexity index is 894. The Labute approximate surface area is 152 Å². The number of carbonyl (C=O) groups is 1. The van der Waals surface area contributed by atoms with E-state index in [-0.39, 0.29) is 12.4 Å². The third kappa shape index (κ3) is 3.94. The molecule has 1 aliphatic carbocycles. The van der Waals surface area contributed by atoms with Crippen LogP contribution in [-0.4, -0.2) is 27.8 Å². The molecule has 3 aromatic rings. The maximum Gasteiger partial charge on any atom is 0.313 e. The van der Waals surface area contributed by atoms with E-state index in [0.717, 1.165) is 29.7 Å². The van der Waals surface area contributed by atoms with Crippen molar-refractivity contribution in [2.45, 2.75) is 19.3 Å². The molecule has 1 saturated carbocycles. The van der Waals surface area contributed by atoms with E-state index in [1.54, 1.807) is 0 Å². The second kappa shape index (κ2) is 7.44. The Morgan fingerprint density at radius 3 is 2.12 bits per heavy atom. The molecule has 0 N–H and O–H groups in total. The lowest BCUT2D eigenvalue weighted by atomic mass is 10.0. The average molecular weight is 345 g/mol. The Kier molecular flexibility index (Phi) is 4.69. The van der Waals surface area contributed by atoms with Crippen LogP contribution in [0, 0.1) is 5.92 Å². The highest BCUT2D eigenvalue weighted by atomic mass is 16.5. The van der Waals surface area contributed by atoms with Crippen molar-refractivity contribution >= 4 is 5.97 Å². The number of benzene rings is 2. The van der Waals surface area contributed by atoms with E-state index >= 15 is 0 Å². The molecule has 1 heterocycles. The minimum Gasteiger partial charge on any atom is -0.465 e. The molecule has 0 radical (unpaired) electrons. The smallest absolute Gasteiger partial charge is 0.313 e. The fourth-order valence-corrected chi connectivity index (χ4v) is 2.70. The van der Waals surface area contributed by atoms with Gasteiger partial charge in [0.25, 0.3) is 0 Å². The summed E-state index contributed by atoms with van der Waals surface area (Å²) in [6.07, 6.45) is 2.33. The van der Waals surface area contributed by atoms with Crippen molar-refractivity contribution in [3.05, 3.63) is 66.5 Å². The highest BCUT2D eigenvalue weighted by Crippen LogP contribution is 2.29. The van der Waals surface area contributed by atoms with Crippen molar-refractivity contribution in [1.82, 2.24) is 15.2 Å². The van der Waals surface area contributed by atoms with Crippen molar-refractivity contribution in [2.75, 3.05) is 6.61 Å².